The molecule has 1 N–H and O–H groups in total. The molecule has 0 aliphatic carbocycles. The first-order valence-electron chi connectivity index (χ1n) is 7.42. The second kappa shape index (κ2) is 7.03. The van der Waals surface area contributed by atoms with Crippen molar-refractivity contribution in [2.45, 2.75) is 25.4 Å². The molecule has 1 aliphatic heterocycles. The van der Waals surface area contributed by atoms with Crippen molar-refractivity contribution in [1.29, 1.82) is 0 Å². The Hall–Kier alpha value is -1.72. The molecule has 0 amide bonds. The summed E-state index contributed by atoms with van der Waals surface area (Å²) in [5.41, 5.74) is 0.916. The second-order valence-corrected chi connectivity index (χ2v) is 5.89. The standard InChI is InChI=1S/C16H18ClFN4/c17-15-9-13(18)6-5-12(15)10-19-14-3-2-8-22(11-14)16-4-1-7-20-21-16/h1,4-7,9,14,19H,2-3,8,10-11H2/t14-/m1/s1. The van der Waals surface area contributed by atoms with E-state index in [1.807, 2.05) is 12.1 Å². The van der Waals surface area contributed by atoms with E-state index < -0.39 is 0 Å². The summed E-state index contributed by atoms with van der Waals surface area (Å²) in [5, 5.41) is 12.1. The molecule has 1 aliphatic rings. The van der Waals surface area contributed by atoms with Crippen LogP contribution in [-0.4, -0.2) is 29.3 Å². The molecule has 2 aromatic rings. The van der Waals surface area contributed by atoms with Gasteiger partial charge >= 0.3 is 0 Å². The number of hydrogen-bond donors (Lipinski definition) is 1. The lowest BCUT2D eigenvalue weighted by Gasteiger charge is -2.33. The van der Waals surface area contributed by atoms with Crippen LogP contribution in [0.1, 0.15) is 18.4 Å². The van der Waals surface area contributed by atoms with E-state index >= 15 is 0 Å². The molecule has 1 saturated heterocycles. The molecule has 116 valence electrons. The van der Waals surface area contributed by atoms with Crippen molar-refractivity contribution < 1.29 is 4.39 Å². The molecule has 1 aromatic heterocycles. The van der Waals surface area contributed by atoms with Gasteiger partial charge in [0.15, 0.2) is 5.82 Å². The number of aromatic nitrogens is 2. The van der Waals surface area contributed by atoms with E-state index in [-0.39, 0.29) is 5.82 Å². The summed E-state index contributed by atoms with van der Waals surface area (Å²) < 4.78 is 13.1. The minimum atomic E-state index is -0.305. The van der Waals surface area contributed by atoms with Crippen LogP contribution in [0.3, 0.4) is 0 Å². The van der Waals surface area contributed by atoms with Gasteiger partial charge in [0.05, 0.1) is 0 Å². The third-order valence-electron chi connectivity index (χ3n) is 3.90. The lowest BCUT2D eigenvalue weighted by Crippen LogP contribution is -2.45. The lowest BCUT2D eigenvalue weighted by atomic mass is 10.1. The van der Waals surface area contributed by atoms with Crippen molar-refractivity contribution in [2.24, 2.45) is 0 Å². The molecule has 0 spiro atoms. The predicted molar refractivity (Wildman–Crippen MR) is 85.5 cm³/mol. The molecule has 6 heteroatoms. The molecule has 0 bridgehead atoms. The Bertz CT molecular complexity index is 623. The van der Waals surface area contributed by atoms with Gasteiger partial charge in [-0.3, -0.25) is 0 Å². The van der Waals surface area contributed by atoms with E-state index in [1.165, 1.54) is 12.1 Å². The highest BCUT2D eigenvalue weighted by molar-refractivity contribution is 6.31. The van der Waals surface area contributed by atoms with Crippen LogP contribution >= 0.6 is 11.6 Å². The molecule has 1 aromatic carbocycles. The maximum Gasteiger partial charge on any atom is 0.151 e. The normalized spacial score (nSPS) is 18.5. The van der Waals surface area contributed by atoms with E-state index in [2.05, 4.69) is 20.4 Å². The number of anilines is 1. The van der Waals surface area contributed by atoms with Gasteiger partial charge in [0, 0.05) is 36.9 Å². The van der Waals surface area contributed by atoms with Gasteiger partial charge in [-0.2, -0.15) is 5.10 Å². The lowest BCUT2D eigenvalue weighted by molar-refractivity contribution is 0.419. The molecular weight excluding hydrogens is 303 g/mol. The molecule has 0 radical (unpaired) electrons. The van der Waals surface area contributed by atoms with Crippen LogP contribution in [0.5, 0.6) is 0 Å². The van der Waals surface area contributed by atoms with E-state index in [1.54, 1.807) is 12.3 Å². The average molecular weight is 321 g/mol. The second-order valence-electron chi connectivity index (χ2n) is 5.48. The number of hydrogen-bond acceptors (Lipinski definition) is 4. The highest BCUT2D eigenvalue weighted by Gasteiger charge is 2.20. The van der Waals surface area contributed by atoms with Crippen molar-refractivity contribution in [3.05, 3.63) is 52.9 Å². The van der Waals surface area contributed by atoms with Crippen LogP contribution in [0.4, 0.5) is 10.2 Å². The predicted octanol–water partition coefficient (Wildman–Crippen LogP) is 3.03. The monoisotopic (exact) mass is 320 g/mol. The summed E-state index contributed by atoms with van der Waals surface area (Å²) in [5.74, 6) is 0.606. The summed E-state index contributed by atoms with van der Waals surface area (Å²) in [4.78, 5) is 2.24. The molecule has 3 rings (SSSR count). The topological polar surface area (TPSA) is 41.0 Å². The Labute approximate surface area is 134 Å². The highest BCUT2D eigenvalue weighted by Crippen LogP contribution is 2.19. The molecule has 2 heterocycles. The molecular formula is C16H18ClFN4. The summed E-state index contributed by atoms with van der Waals surface area (Å²) in [6.45, 7) is 2.52. The maximum absolute atomic E-state index is 13.1. The Morgan fingerprint density at radius 2 is 2.27 bits per heavy atom. The zero-order chi connectivity index (χ0) is 15.4. The van der Waals surface area contributed by atoms with E-state index in [0.29, 0.717) is 17.6 Å². The van der Waals surface area contributed by atoms with Gasteiger partial charge in [0.25, 0.3) is 0 Å². The van der Waals surface area contributed by atoms with Crippen molar-refractivity contribution >= 4 is 17.4 Å². The first kappa shape index (κ1) is 15.2. The van der Waals surface area contributed by atoms with Gasteiger partial charge in [0.2, 0.25) is 0 Å². The third-order valence-corrected chi connectivity index (χ3v) is 4.25. The number of nitrogens with one attached hydrogen (secondary N) is 1. The van der Waals surface area contributed by atoms with Gasteiger partial charge in [-0.15, -0.1) is 5.10 Å². The third kappa shape index (κ3) is 3.72. The van der Waals surface area contributed by atoms with Crippen molar-refractivity contribution in [2.75, 3.05) is 18.0 Å². The molecule has 1 atom stereocenters. The quantitative estimate of drug-likeness (QED) is 0.940. The first-order valence-corrected chi connectivity index (χ1v) is 7.80. The minimum Gasteiger partial charge on any atom is -0.354 e. The Kier molecular flexibility index (Phi) is 4.85. The van der Waals surface area contributed by atoms with Crippen LogP contribution < -0.4 is 10.2 Å². The summed E-state index contributed by atoms with van der Waals surface area (Å²) in [6.07, 6.45) is 3.89. The van der Waals surface area contributed by atoms with Gasteiger partial charge < -0.3 is 10.2 Å². The minimum absolute atomic E-state index is 0.305. The van der Waals surface area contributed by atoms with Gasteiger partial charge in [0.1, 0.15) is 5.82 Å². The number of piperidine rings is 1. The van der Waals surface area contributed by atoms with Crippen LogP contribution in [-0.2, 0) is 6.54 Å². The smallest absolute Gasteiger partial charge is 0.151 e. The molecule has 1 fully saturated rings. The van der Waals surface area contributed by atoms with Gasteiger partial charge in [-0.1, -0.05) is 17.7 Å². The fourth-order valence-electron chi connectivity index (χ4n) is 2.73. The van der Waals surface area contributed by atoms with Crippen molar-refractivity contribution in [3.63, 3.8) is 0 Å². The summed E-state index contributed by atoms with van der Waals surface area (Å²) >= 11 is 6.06. The van der Waals surface area contributed by atoms with E-state index in [9.17, 15) is 4.39 Å². The van der Waals surface area contributed by atoms with Crippen LogP contribution in [0.15, 0.2) is 36.5 Å². The fraction of sp³-hybridized carbons (Fsp3) is 0.375. The van der Waals surface area contributed by atoms with E-state index in [0.717, 1.165) is 37.3 Å². The highest BCUT2D eigenvalue weighted by atomic mass is 35.5. The fourth-order valence-corrected chi connectivity index (χ4v) is 2.97. The number of nitrogens with zero attached hydrogens (tertiary/aromatic N) is 3. The number of benzene rings is 1. The van der Waals surface area contributed by atoms with Gasteiger partial charge in [-0.25, -0.2) is 4.39 Å². The van der Waals surface area contributed by atoms with Gasteiger partial charge in [-0.05, 0) is 42.7 Å². The largest absolute Gasteiger partial charge is 0.354 e. The zero-order valence-electron chi connectivity index (χ0n) is 12.2. The van der Waals surface area contributed by atoms with E-state index in [4.69, 9.17) is 11.6 Å². The van der Waals surface area contributed by atoms with Crippen molar-refractivity contribution in [1.82, 2.24) is 15.5 Å². The first-order chi connectivity index (χ1) is 10.7. The Morgan fingerprint density at radius 1 is 1.36 bits per heavy atom. The van der Waals surface area contributed by atoms with Crippen molar-refractivity contribution in [3.8, 4) is 0 Å². The average Bonchev–Trinajstić information content (AvgIpc) is 2.55. The Balaban J connectivity index is 1.59. The zero-order valence-corrected chi connectivity index (χ0v) is 12.9. The maximum atomic E-state index is 13.1. The summed E-state index contributed by atoms with van der Waals surface area (Å²) in [7, 11) is 0. The summed E-state index contributed by atoms with van der Waals surface area (Å²) in [6, 6.07) is 8.76. The van der Waals surface area contributed by atoms with Crippen LogP contribution in [0, 0.1) is 5.82 Å². The molecule has 4 nitrogen and oxygen atoms in total. The number of rotatable bonds is 4. The molecule has 0 saturated carbocycles. The Morgan fingerprint density at radius 3 is 3.05 bits per heavy atom. The molecule has 0 unspecified atom stereocenters. The SMILES string of the molecule is Fc1ccc(CN[C@@H]2CCCN(c3cccnn3)C2)c(Cl)c1. The molecule has 22 heavy (non-hydrogen) atoms. The van der Waals surface area contributed by atoms with Crippen LogP contribution in [0.2, 0.25) is 5.02 Å². The number of halogens is 2. The van der Waals surface area contributed by atoms with Crippen LogP contribution in [0.25, 0.3) is 0 Å².